The third kappa shape index (κ3) is 2.50. The fraction of sp³-hybridized carbons (Fsp3) is 0.100. The fourth-order valence-corrected chi connectivity index (χ4v) is 3.10. The number of hydrogen-bond donors (Lipinski definition) is 1. The number of benzene rings is 2. The number of nitrogens with one attached hydrogen (secondary N) is 1. The Morgan fingerprint density at radius 3 is 2.64 bits per heavy atom. The van der Waals surface area contributed by atoms with Crippen LogP contribution in [0.25, 0.3) is 21.7 Å². The number of pyridine rings is 1. The number of nitrogens with zero attached hydrogens (tertiary/aromatic N) is 1. The SMILES string of the molecule is COc1ccccc1Cn1ccc2c(c(=O)oc3ccccc32)c1=N. The Morgan fingerprint density at radius 2 is 1.80 bits per heavy atom. The van der Waals surface area contributed by atoms with Gasteiger partial charge in [-0.2, -0.15) is 0 Å². The summed E-state index contributed by atoms with van der Waals surface area (Å²) in [5, 5.41) is 10.3. The van der Waals surface area contributed by atoms with E-state index in [-0.39, 0.29) is 10.9 Å². The number of methoxy groups -OCH3 is 1. The summed E-state index contributed by atoms with van der Waals surface area (Å²) in [6.45, 7) is 0.436. The van der Waals surface area contributed by atoms with Gasteiger partial charge in [0.05, 0.1) is 13.7 Å². The normalized spacial score (nSPS) is 11.1. The van der Waals surface area contributed by atoms with Gasteiger partial charge in [-0.3, -0.25) is 5.41 Å². The quantitative estimate of drug-likeness (QED) is 0.462. The zero-order chi connectivity index (χ0) is 17.4. The van der Waals surface area contributed by atoms with E-state index >= 15 is 0 Å². The molecule has 0 saturated carbocycles. The van der Waals surface area contributed by atoms with E-state index in [2.05, 4.69) is 0 Å². The molecule has 0 aliphatic rings. The van der Waals surface area contributed by atoms with Crippen LogP contribution in [0, 0.1) is 5.41 Å². The van der Waals surface area contributed by atoms with Crippen molar-refractivity contribution < 1.29 is 9.15 Å². The average Bonchev–Trinajstić information content (AvgIpc) is 2.64. The number of fused-ring (bicyclic) bond motifs is 3. The van der Waals surface area contributed by atoms with Crippen LogP contribution in [0.5, 0.6) is 5.75 Å². The number of hydrogen-bond acceptors (Lipinski definition) is 4. The first-order chi connectivity index (χ1) is 12.2. The molecular formula is C20H16N2O3. The van der Waals surface area contributed by atoms with Gasteiger partial charge in [0.15, 0.2) is 0 Å². The molecule has 0 spiro atoms. The second-order valence-electron chi connectivity index (χ2n) is 5.78. The molecule has 4 aromatic rings. The molecule has 0 fully saturated rings. The zero-order valence-corrected chi connectivity index (χ0v) is 13.7. The van der Waals surface area contributed by atoms with Gasteiger partial charge in [0.1, 0.15) is 22.2 Å². The van der Waals surface area contributed by atoms with Crippen LogP contribution in [0.15, 0.2) is 70.0 Å². The van der Waals surface area contributed by atoms with Gasteiger partial charge in [0, 0.05) is 22.5 Å². The highest BCUT2D eigenvalue weighted by atomic mass is 16.5. The van der Waals surface area contributed by atoms with E-state index in [0.717, 1.165) is 22.1 Å². The monoisotopic (exact) mass is 332 g/mol. The number of ether oxygens (including phenoxy) is 1. The second kappa shape index (κ2) is 5.94. The molecule has 0 aliphatic carbocycles. The van der Waals surface area contributed by atoms with Crippen LogP contribution < -0.4 is 15.9 Å². The molecule has 0 saturated heterocycles. The molecule has 0 amide bonds. The van der Waals surface area contributed by atoms with Crippen molar-refractivity contribution in [2.45, 2.75) is 6.54 Å². The summed E-state index contributed by atoms with van der Waals surface area (Å²) in [5.41, 5.74) is 1.10. The molecule has 0 atom stereocenters. The summed E-state index contributed by atoms with van der Waals surface area (Å²) in [6, 6.07) is 16.9. The highest BCUT2D eigenvalue weighted by molar-refractivity contribution is 6.03. The number of para-hydroxylation sites is 2. The first-order valence-electron chi connectivity index (χ1n) is 7.90. The predicted molar refractivity (Wildman–Crippen MR) is 95.9 cm³/mol. The lowest BCUT2D eigenvalue weighted by Gasteiger charge is -2.12. The summed E-state index contributed by atoms with van der Waals surface area (Å²) >= 11 is 0. The van der Waals surface area contributed by atoms with Crippen LogP contribution in [0.1, 0.15) is 5.56 Å². The summed E-state index contributed by atoms with van der Waals surface area (Å²) < 4.78 is 12.5. The van der Waals surface area contributed by atoms with Crippen LogP contribution in [-0.4, -0.2) is 11.7 Å². The van der Waals surface area contributed by atoms with Gasteiger partial charge in [-0.05, 0) is 18.2 Å². The van der Waals surface area contributed by atoms with Gasteiger partial charge < -0.3 is 13.7 Å². The summed E-state index contributed by atoms with van der Waals surface area (Å²) in [6.07, 6.45) is 1.82. The van der Waals surface area contributed by atoms with E-state index in [1.165, 1.54) is 0 Å². The van der Waals surface area contributed by atoms with E-state index < -0.39 is 5.63 Å². The predicted octanol–water partition coefficient (Wildman–Crippen LogP) is 3.28. The van der Waals surface area contributed by atoms with Crippen molar-refractivity contribution in [3.63, 3.8) is 0 Å². The zero-order valence-electron chi connectivity index (χ0n) is 13.7. The maximum Gasteiger partial charge on any atom is 0.347 e. The lowest BCUT2D eigenvalue weighted by Crippen LogP contribution is -2.24. The fourth-order valence-electron chi connectivity index (χ4n) is 3.10. The Hall–Kier alpha value is -3.34. The number of aromatic nitrogens is 1. The smallest absolute Gasteiger partial charge is 0.347 e. The van der Waals surface area contributed by atoms with Crippen LogP contribution in [-0.2, 0) is 6.54 Å². The molecule has 124 valence electrons. The summed E-state index contributed by atoms with van der Waals surface area (Å²) in [5.74, 6) is 0.750. The highest BCUT2D eigenvalue weighted by Crippen LogP contribution is 2.21. The Morgan fingerprint density at radius 1 is 1.04 bits per heavy atom. The van der Waals surface area contributed by atoms with E-state index in [4.69, 9.17) is 14.6 Å². The van der Waals surface area contributed by atoms with Gasteiger partial charge in [0.25, 0.3) is 0 Å². The highest BCUT2D eigenvalue weighted by Gasteiger charge is 2.11. The van der Waals surface area contributed by atoms with Gasteiger partial charge in [-0.15, -0.1) is 0 Å². The van der Waals surface area contributed by atoms with Gasteiger partial charge >= 0.3 is 5.63 Å². The largest absolute Gasteiger partial charge is 0.496 e. The topological polar surface area (TPSA) is 68.2 Å². The van der Waals surface area contributed by atoms with Crippen LogP contribution in [0.3, 0.4) is 0 Å². The Labute approximate surface area is 143 Å². The molecule has 0 aliphatic heterocycles. The molecule has 25 heavy (non-hydrogen) atoms. The molecule has 0 bridgehead atoms. The minimum atomic E-state index is -0.493. The first kappa shape index (κ1) is 15.2. The van der Waals surface area contributed by atoms with Crippen LogP contribution in [0.4, 0.5) is 0 Å². The van der Waals surface area contributed by atoms with E-state index in [0.29, 0.717) is 12.1 Å². The Balaban J connectivity index is 1.94. The minimum absolute atomic E-state index is 0.128. The molecule has 0 unspecified atom stereocenters. The van der Waals surface area contributed by atoms with Gasteiger partial charge in [-0.1, -0.05) is 36.4 Å². The molecule has 5 heteroatoms. The van der Waals surface area contributed by atoms with E-state index in [9.17, 15) is 4.79 Å². The van der Waals surface area contributed by atoms with Crippen molar-refractivity contribution in [1.29, 1.82) is 5.41 Å². The lowest BCUT2D eigenvalue weighted by molar-refractivity contribution is 0.408. The third-order valence-corrected chi connectivity index (χ3v) is 4.33. The molecule has 2 heterocycles. The van der Waals surface area contributed by atoms with E-state index in [1.807, 2.05) is 54.7 Å². The van der Waals surface area contributed by atoms with Crippen molar-refractivity contribution in [1.82, 2.24) is 4.57 Å². The maximum atomic E-state index is 12.4. The van der Waals surface area contributed by atoms with Crippen molar-refractivity contribution in [3.05, 3.63) is 82.3 Å². The number of rotatable bonds is 3. The van der Waals surface area contributed by atoms with Crippen LogP contribution >= 0.6 is 0 Å². The van der Waals surface area contributed by atoms with Gasteiger partial charge in [-0.25, -0.2) is 4.79 Å². The molecule has 4 rings (SSSR count). The molecule has 0 radical (unpaired) electrons. The minimum Gasteiger partial charge on any atom is -0.496 e. The van der Waals surface area contributed by atoms with Crippen molar-refractivity contribution in [2.75, 3.05) is 7.11 Å². The standard InChI is InChI=1S/C20H16N2O3/c1-24-16-8-4-2-6-13(16)12-22-11-10-15-14-7-3-5-9-17(14)25-20(23)18(15)19(22)21/h2-11,21H,12H2,1H3. The molecule has 1 N–H and O–H groups in total. The average molecular weight is 332 g/mol. The molecular weight excluding hydrogens is 316 g/mol. The maximum absolute atomic E-state index is 12.4. The second-order valence-corrected chi connectivity index (χ2v) is 5.78. The lowest BCUT2D eigenvalue weighted by atomic mass is 10.1. The molecule has 2 aromatic carbocycles. The van der Waals surface area contributed by atoms with Crippen molar-refractivity contribution >= 4 is 21.7 Å². The molecule has 2 aromatic heterocycles. The summed E-state index contributed by atoms with van der Waals surface area (Å²) in [7, 11) is 1.62. The Kier molecular flexibility index (Phi) is 3.61. The first-order valence-corrected chi connectivity index (χ1v) is 7.90. The van der Waals surface area contributed by atoms with Crippen molar-refractivity contribution in [2.24, 2.45) is 0 Å². The van der Waals surface area contributed by atoms with Gasteiger partial charge in [0.2, 0.25) is 0 Å². The third-order valence-electron chi connectivity index (χ3n) is 4.33. The van der Waals surface area contributed by atoms with Crippen molar-refractivity contribution in [3.8, 4) is 5.75 Å². The van der Waals surface area contributed by atoms with Crippen LogP contribution in [0.2, 0.25) is 0 Å². The Bertz CT molecular complexity index is 1200. The summed E-state index contributed by atoms with van der Waals surface area (Å²) in [4.78, 5) is 12.4. The molecule has 5 nitrogen and oxygen atoms in total. The van der Waals surface area contributed by atoms with E-state index in [1.54, 1.807) is 17.7 Å².